The minimum atomic E-state index is -0.132. The molecule has 1 N–H and O–H groups in total. The molecular formula is C26H40N2O4. The average Bonchev–Trinajstić information content (AvgIpc) is 3.24. The van der Waals surface area contributed by atoms with E-state index in [0.717, 1.165) is 32.4 Å². The van der Waals surface area contributed by atoms with Crippen LogP contribution in [0.2, 0.25) is 0 Å². The topological polar surface area (TPSA) is 60.0 Å². The number of nitrogens with zero attached hydrogens (tertiary/aromatic N) is 1. The van der Waals surface area contributed by atoms with E-state index in [9.17, 15) is 4.79 Å². The van der Waals surface area contributed by atoms with Crippen molar-refractivity contribution in [3.05, 3.63) is 41.0 Å². The zero-order chi connectivity index (χ0) is 23.5. The third kappa shape index (κ3) is 7.59. The summed E-state index contributed by atoms with van der Waals surface area (Å²) in [6.45, 7) is 11.6. The fourth-order valence-electron chi connectivity index (χ4n) is 3.99. The number of hydrogen-bond donors (Lipinski definition) is 1. The Bertz CT molecular complexity index is 812. The van der Waals surface area contributed by atoms with E-state index < -0.39 is 0 Å². The van der Waals surface area contributed by atoms with Gasteiger partial charge in [-0.05, 0) is 77.8 Å². The zero-order valence-electron chi connectivity index (χ0n) is 20.6. The second-order valence-electron chi connectivity index (χ2n) is 8.53. The molecular weight excluding hydrogens is 404 g/mol. The van der Waals surface area contributed by atoms with E-state index in [1.807, 2.05) is 0 Å². The summed E-state index contributed by atoms with van der Waals surface area (Å²) in [6, 6.07) is 3.84. The lowest BCUT2D eigenvalue weighted by Gasteiger charge is -2.23. The van der Waals surface area contributed by atoms with E-state index >= 15 is 0 Å². The number of amides is 1. The number of likely N-dealkylation sites (tertiary alicyclic amines) is 1. The van der Waals surface area contributed by atoms with Gasteiger partial charge in [0.2, 0.25) is 5.75 Å². The maximum absolute atomic E-state index is 12.9. The quantitative estimate of drug-likeness (QED) is 0.460. The summed E-state index contributed by atoms with van der Waals surface area (Å²) in [5.41, 5.74) is 3.10. The Balaban J connectivity index is 2.07. The van der Waals surface area contributed by atoms with Crippen molar-refractivity contribution < 1.29 is 19.0 Å². The van der Waals surface area contributed by atoms with Gasteiger partial charge in [-0.2, -0.15) is 0 Å². The molecule has 1 unspecified atom stereocenters. The number of nitrogens with one attached hydrogen (secondary N) is 1. The van der Waals surface area contributed by atoms with Gasteiger partial charge in [-0.15, -0.1) is 0 Å². The zero-order valence-corrected chi connectivity index (χ0v) is 20.6. The maximum atomic E-state index is 12.9. The van der Waals surface area contributed by atoms with Crippen molar-refractivity contribution in [2.24, 2.45) is 0 Å². The minimum Gasteiger partial charge on any atom is -0.493 e. The summed E-state index contributed by atoms with van der Waals surface area (Å²) in [7, 11) is 3.14. The van der Waals surface area contributed by atoms with Crippen LogP contribution >= 0.6 is 0 Å². The van der Waals surface area contributed by atoms with Gasteiger partial charge in [0.1, 0.15) is 6.61 Å². The number of methoxy groups -OCH3 is 2. The lowest BCUT2D eigenvalue weighted by atomic mass is 10.1. The Morgan fingerprint density at radius 1 is 1.16 bits per heavy atom. The molecule has 0 saturated carbocycles. The van der Waals surface area contributed by atoms with Crippen LogP contribution in [0.25, 0.3) is 0 Å². The van der Waals surface area contributed by atoms with Crippen LogP contribution in [0, 0.1) is 0 Å². The monoisotopic (exact) mass is 444 g/mol. The first kappa shape index (κ1) is 25.8. The lowest BCUT2D eigenvalue weighted by molar-refractivity contribution is 0.0940. The van der Waals surface area contributed by atoms with Gasteiger partial charge in [0.15, 0.2) is 11.5 Å². The van der Waals surface area contributed by atoms with Gasteiger partial charge in [0, 0.05) is 18.2 Å². The molecule has 1 saturated heterocycles. The molecule has 1 atom stereocenters. The molecule has 6 nitrogen and oxygen atoms in total. The molecule has 0 radical (unpaired) electrons. The van der Waals surface area contributed by atoms with Crippen molar-refractivity contribution in [2.75, 3.05) is 40.5 Å². The Hall–Kier alpha value is -2.47. The summed E-state index contributed by atoms with van der Waals surface area (Å²) >= 11 is 0. The van der Waals surface area contributed by atoms with Crippen LogP contribution in [0.3, 0.4) is 0 Å². The molecule has 178 valence electrons. The van der Waals surface area contributed by atoms with Crippen molar-refractivity contribution in [3.8, 4) is 17.2 Å². The first-order chi connectivity index (χ1) is 15.4. The Kier molecular flexibility index (Phi) is 10.6. The van der Waals surface area contributed by atoms with Crippen molar-refractivity contribution in [1.29, 1.82) is 0 Å². The van der Waals surface area contributed by atoms with E-state index in [1.165, 1.54) is 17.6 Å². The van der Waals surface area contributed by atoms with Crippen molar-refractivity contribution in [2.45, 2.75) is 59.4 Å². The lowest BCUT2D eigenvalue weighted by Crippen LogP contribution is -2.40. The molecule has 2 rings (SSSR count). The van der Waals surface area contributed by atoms with Gasteiger partial charge in [0.05, 0.1) is 14.2 Å². The largest absolute Gasteiger partial charge is 0.493 e. The van der Waals surface area contributed by atoms with Gasteiger partial charge in [0.25, 0.3) is 5.91 Å². The Labute approximate surface area is 193 Å². The highest BCUT2D eigenvalue weighted by molar-refractivity contribution is 5.95. The summed E-state index contributed by atoms with van der Waals surface area (Å²) in [5.74, 6) is 1.34. The molecule has 1 aliphatic heterocycles. The fourth-order valence-corrected chi connectivity index (χ4v) is 3.99. The number of hydrogen-bond acceptors (Lipinski definition) is 5. The SMILES string of the molecule is CCN1CCCC1CNC(=O)c1cc(OC)c(OC)c(OC/C=C(\C)CCC=C(C)C)c1. The minimum absolute atomic E-state index is 0.132. The van der Waals surface area contributed by atoms with E-state index in [1.54, 1.807) is 26.4 Å². The third-order valence-corrected chi connectivity index (χ3v) is 5.87. The normalized spacial score (nSPS) is 16.6. The molecule has 0 aromatic heterocycles. The second-order valence-corrected chi connectivity index (χ2v) is 8.53. The van der Waals surface area contributed by atoms with Crippen LogP contribution in [-0.2, 0) is 0 Å². The summed E-state index contributed by atoms with van der Waals surface area (Å²) in [5, 5.41) is 3.08. The summed E-state index contributed by atoms with van der Waals surface area (Å²) in [6.07, 6.45) is 8.62. The molecule has 32 heavy (non-hydrogen) atoms. The molecule has 0 aliphatic carbocycles. The predicted molar refractivity (Wildman–Crippen MR) is 130 cm³/mol. The van der Waals surface area contributed by atoms with Crippen LogP contribution in [0.1, 0.15) is 63.7 Å². The van der Waals surface area contributed by atoms with Gasteiger partial charge in [-0.1, -0.05) is 24.1 Å². The number of carbonyl (C=O) groups excluding carboxylic acids is 1. The van der Waals surface area contributed by atoms with Crippen molar-refractivity contribution in [1.82, 2.24) is 10.2 Å². The fraction of sp³-hybridized carbons (Fsp3) is 0.577. The molecule has 0 bridgehead atoms. The van der Waals surface area contributed by atoms with Crippen molar-refractivity contribution in [3.63, 3.8) is 0 Å². The van der Waals surface area contributed by atoms with Crippen LogP contribution in [-0.4, -0.2) is 57.3 Å². The van der Waals surface area contributed by atoms with Gasteiger partial charge >= 0.3 is 0 Å². The molecule has 6 heteroatoms. The van der Waals surface area contributed by atoms with Gasteiger partial charge in [-0.3, -0.25) is 9.69 Å². The van der Waals surface area contributed by atoms with Gasteiger partial charge in [-0.25, -0.2) is 0 Å². The smallest absolute Gasteiger partial charge is 0.251 e. The number of likely N-dealkylation sites (N-methyl/N-ethyl adjacent to an activating group) is 1. The Morgan fingerprint density at radius 2 is 1.91 bits per heavy atom. The second kappa shape index (κ2) is 13.2. The summed E-state index contributed by atoms with van der Waals surface area (Å²) < 4.78 is 17.0. The number of carbonyl (C=O) groups is 1. The molecule has 1 amide bonds. The van der Waals surface area contributed by atoms with Crippen LogP contribution in [0.15, 0.2) is 35.4 Å². The first-order valence-corrected chi connectivity index (χ1v) is 11.6. The predicted octanol–water partition coefficient (Wildman–Crippen LogP) is 4.99. The highest BCUT2D eigenvalue weighted by Crippen LogP contribution is 2.38. The average molecular weight is 445 g/mol. The maximum Gasteiger partial charge on any atom is 0.251 e. The van der Waals surface area contributed by atoms with E-state index in [-0.39, 0.29) is 5.91 Å². The molecule has 1 fully saturated rings. The van der Waals surface area contributed by atoms with Crippen LogP contribution < -0.4 is 19.5 Å². The number of benzene rings is 1. The highest BCUT2D eigenvalue weighted by Gasteiger charge is 2.24. The highest BCUT2D eigenvalue weighted by atomic mass is 16.5. The summed E-state index contributed by atoms with van der Waals surface area (Å²) in [4.78, 5) is 15.3. The molecule has 1 aromatic rings. The number of allylic oxidation sites excluding steroid dienone is 3. The molecule has 0 spiro atoms. The Morgan fingerprint density at radius 3 is 2.56 bits per heavy atom. The standard InChI is InChI=1S/C26H40N2O4/c1-7-28-14-9-12-22(28)18-27-26(29)21-16-23(30-5)25(31-6)24(17-21)32-15-13-20(4)11-8-10-19(2)3/h10,13,16-17,22H,7-9,11-12,14-15,18H2,1-6H3,(H,27,29)/b20-13+. The van der Waals surface area contributed by atoms with Crippen LogP contribution in [0.4, 0.5) is 0 Å². The molecule has 1 aromatic carbocycles. The van der Waals surface area contributed by atoms with Crippen molar-refractivity contribution >= 4 is 5.91 Å². The molecule has 1 heterocycles. The van der Waals surface area contributed by atoms with E-state index in [4.69, 9.17) is 14.2 Å². The third-order valence-electron chi connectivity index (χ3n) is 5.87. The van der Waals surface area contributed by atoms with Crippen LogP contribution in [0.5, 0.6) is 17.2 Å². The van der Waals surface area contributed by atoms with E-state index in [2.05, 4.69) is 50.1 Å². The number of ether oxygens (including phenoxy) is 3. The first-order valence-electron chi connectivity index (χ1n) is 11.6. The molecule has 1 aliphatic rings. The number of rotatable bonds is 12. The van der Waals surface area contributed by atoms with Gasteiger partial charge < -0.3 is 19.5 Å². The van der Waals surface area contributed by atoms with E-state index in [0.29, 0.717) is 42.0 Å².